The van der Waals surface area contributed by atoms with Gasteiger partial charge in [-0.15, -0.1) is 0 Å². The van der Waals surface area contributed by atoms with Crippen LogP contribution in [0.3, 0.4) is 0 Å². The van der Waals surface area contributed by atoms with Gasteiger partial charge in [0.25, 0.3) is 11.1 Å². The smallest absolute Gasteiger partial charge is 0.343 e. The van der Waals surface area contributed by atoms with E-state index >= 15 is 0 Å². The van der Waals surface area contributed by atoms with Crippen LogP contribution < -0.4 is 4.74 Å². The minimum Gasteiger partial charge on any atom is -0.422 e. The second-order valence-corrected chi connectivity index (χ2v) is 9.73. The molecule has 2 amide bonds. The number of halogens is 4. The van der Waals surface area contributed by atoms with Crippen LogP contribution in [0.2, 0.25) is 20.1 Å². The van der Waals surface area contributed by atoms with Gasteiger partial charge in [-0.3, -0.25) is 14.5 Å². The molecule has 0 aliphatic carbocycles. The Morgan fingerprint density at radius 3 is 2.24 bits per heavy atom. The molecule has 0 N–H and O–H groups in total. The van der Waals surface area contributed by atoms with Crippen molar-refractivity contribution >= 4 is 81.4 Å². The Hall–Kier alpha value is -2.48. The van der Waals surface area contributed by atoms with Crippen molar-refractivity contribution in [1.29, 1.82) is 0 Å². The number of benzene rings is 3. The Morgan fingerprint density at radius 1 is 0.912 bits per heavy atom. The minimum atomic E-state index is -0.616. The zero-order chi connectivity index (χ0) is 24.4. The van der Waals surface area contributed by atoms with Gasteiger partial charge in [-0.05, 0) is 72.4 Å². The summed E-state index contributed by atoms with van der Waals surface area (Å²) < 4.78 is 5.51. The minimum absolute atomic E-state index is 0.0749. The van der Waals surface area contributed by atoms with Crippen LogP contribution in [-0.4, -0.2) is 22.0 Å². The van der Waals surface area contributed by atoms with Crippen LogP contribution in [0.25, 0.3) is 6.08 Å². The Balaban J connectivity index is 1.60. The van der Waals surface area contributed by atoms with Gasteiger partial charge in [-0.1, -0.05) is 52.5 Å². The molecule has 0 spiro atoms. The molecular weight excluding hydrogens is 540 g/mol. The van der Waals surface area contributed by atoms with E-state index in [0.717, 1.165) is 16.7 Å². The molecule has 0 radical (unpaired) electrons. The number of amides is 2. The maximum Gasteiger partial charge on any atom is 0.343 e. The fourth-order valence-corrected chi connectivity index (χ4v) is 4.74. The van der Waals surface area contributed by atoms with E-state index in [-0.39, 0.29) is 17.2 Å². The molecule has 172 valence electrons. The second kappa shape index (κ2) is 10.4. The van der Waals surface area contributed by atoms with Gasteiger partial charge >= 0.3 is 5.97 Å². The zero-order valence-corrected chi connectivity index (χ0v) is 20.9. The number of carbonyl (C=O) groups excluding carboxylic acids is 3. The number of esters is 1. The summed E-state index contributed by atoms with van der Waals surface area (Å²) in [6, 6.07) is 15.7. The van der Waals surface area contributed by atoms with Crippen molar-refractivity contribution in [2.45, 2.75) is 6.54 Å². The molecule has 0 bridgehead atoms. The molecule has 4 rings (SSSR count). The lowest BCUT2D eigenvalue weighted by Gasteiger charge is -2.14. The number of rotatable bonds is 5. The fourth-order valence-electron chi connectivity index (χ4n) is 3.09. The largest absolute Gasteiger partial charge is 0.422 e. The van der Waals surface area contributed by atoms with E-state index in [9.17, 15) is 14.4 Å². The van der Waals surface area contributed by atoms with Crippen molar-refractivity contribution in [3.8, 4) is 5.75 Å². The predicted molar refractivity (Wildman–Crippen MR) is 136 cm³/mol. The molecule has 1 aliphatic rings. The first-order chi connectivity index (χ1) is 16.2. The van der Waals surface area contributed by atoms with Crippen molar-refractivity contribution < 1.29 is 19.1 Å². The van der Waals surface area contributed by atoms with Crippen LogP contribution in [0.15, 0.2) is 65.6 Å². The Labute approximate surface area is 219 Å². The summed E-state index contributed by atoms with van der Waals surface area (Å²) in [5.41, 5.74) is 1.12. The normalized spacial score (nSPS) is 14.7. The van der Waals surface area contributed by atoms with Gasteiger partial charge in [-0.2, -0.15) is 0 Å². The predicted octanol–water partition coefficient (Wildman–Crippen LogP) is 7.76. The number of hydrogen-bond donors (Lipinski definition) is 0. The Morgan fingerprint density at radius 2 is 1.56 bits per heavy atom. The molecule has 1 fully saturated rings. The molecule has 3 aromatic carbocycles. The van der Waals surface area contributed by atoms with Crippen molar-refractivity contribution in [2.75, 3.05) is 0 Å². The van der Waals surface area contributed by atoms with Crippen molar-refractivity contribution in [3.63, 3.8) is 0 Å². The average molecular weight is 553 g/mol. The third-order valence-corrected chi connectivity index (χ3v) is 6.90. The molecule has 5 nitrogen and oxygen atoms in total. The molecule has 1 aliphatic heterocycles. The first-order valence-electron chi connectivity index (χ1n) is 9.68. The van der Waals surface area contributed by atoms with Gasteiger partial charge in [-0.25, -0.2) is 4.79 Å². The van der Waals surface area contributed by atoms with E-state index in [4.69, 9.17) is 51.1 Å². The van der Waals surface area contributed by atoms with Crippen LogP contribution >= 0.6 is 58.2 Å². The van der Waals surface area contributed by atoms with E-state index in [0.29, 0.717) is 36.8 Å². The highest BCUT2D eigenvalue weighted by atomic mass is 35.5. The number of imide groups is 1. The van der Waals surface area contributed by atoms with E-state index < -0.39 is 17.1 Å². The van der Waals surface area contributed by atoms with Crippen LogP contribution in [0.5, 0.6) is 5.75 Å². The molecular formula is C24H13Cl4NO4S. The third kappa shape index (κ3) is 5.43. The van der Waals surface area contributed by atoms with Gasteiger partial charge in [0.1, 0.15) is 5.75 Å². The highest BCUT2D eigenvalue weighted by Gasteiger charge is 2.36. The van der Waals surface area contributed by atoms with Crippen LogP contribution in [0, 0.1) is 0 Å². The summed E-state index contributed by atoms with van der Waals surface area (Å²) in [6.07, 6.45) is 1.45. The lowest BCUT2D eigenvalue weighted by Crippen LogP contribution is -2.27. The fraction of sp³-hybridized carbons (Fsp3) is 0.0417. The summed E-state index contributed by atoms with van der Waals surface area (Å²) in [5.74, 6) is -0.971. The number of ether oxygens (including phenoxy) is 1. The van der Waals surface area contributed by atoms with Crippen molar-refractivity contribution in [3.05, 3.63) is 102 Å². The molecule has 34 heavy (non-hydrogen) atoms. The molecule has 0 unspecified atom stereocenters. The monoisotopic (exact) mass is 551 g/mol. The maximum atomic E-state index is 13.0. The quantitative estimate of drug-likeness (QED) is 0.184. The molecule has 1 saturated heterocycles. The van der Waals surface area contributed by atoms with Crippen molar-refractivity contribution in [2.24, 2.45) is 0 Å². The van der Waals surface area contributed by atoms with E-state index in [1.165, 1.54) is 30.3 Å². The Bertz CT molecular complexity index is 1320. The van der Waals surface area contributed by atoms with Crippen molar-refractivity contribution in [1.82, 2.24) is 4.90 Å². The number of thioether (sulfide) groups is 1. The van der Waals surface area contributed by atoms with Gasteiger partial charge in [0.15, 0.2) is 0 Å². The summed E-state index contributed by atoms with van der Waals surface area (Å²) in [7, 11) is 0. The lowest BCUT2D eigenvalue weighted by atomic mass is 10.1. The lowest BCUT2D eigenvalue weighted by molar-refractivity contribution is -0.123. The molecule has 10 heteroatoms. The molecule has 0 aromatic heterocycles. The molecule has 1 heterocycles. The van der Waals surface area contributed by atoms with Gasteiger partial charge in [0, 0.05) is 31.2 Å². The average Bonchev–Trinajstić information content (AvgIpc) is 3.05. The number of nitrogens with zero attached hydrogens (tertiary/aromatic N) is 1. The third-order valence-electron chi connectivity index (χ3n) is 4.79. The standard InChI is InChI=1S/C24H13Cl4NO4S/c25-15-6-4-13(5-7-15)23(31)33-20-9-8-16(26)10-14(20)11-21-22(30)29(24(32)34-21)12-17-18(27)2-1-3-19(17)28/h1-11H,12H2/b21-11-. The van der Waals surface area contributed by atoms with Crippen LogP contribution in [0.4, 0.5) is 4.79 Å². The number of carbonyl (C=O) groups is 3. The summed E-state index contributed by atoms with van der Waals surface area (Å²) in [4.78, 5) is 39.3. The summed E-state index contributed by atoms with van der Waals surface area (Å²) >= 11 is 25.1. The summed E-state index contributed by atoms with van der Waals surface area (Å²) in [6.45, 7) is -0.0749. The van der Waals surface area contributed by atoms with Gasteiger partial charge in [0.05, 0.1) is 17.0 Å². The van der Waals surface area contributed by atoms with E-state index in [2.05, 4.69) is 0 Å². The first-order valence-corrected chi connectivity index (χ1v) is 12.0. The van der Waals surface area contributed by atoms with Gasteiger partial charge < -0.3 is 4.74 Å². The maximum absolute atomic E-state index is 13.0. The van der Waals surface area contributed by atoms with Gasteiger partial charge in [0.2, 0.25) is 0 Å². The van der Waals surface area contributed by atoms with Crippen LogP contribution in [-0.2, 0) is 11.3 Å². The first kappa shape index (κ1) is 24.6. The zero-order valence-electron chi connectivity index (χ0n) is 17.1. The second-order valence-electron chi connectivity index (χ2n) is 7.05. The topological polar surface area (TPSA) is 63.7 Å². The van der Waals surface area contributed by atoms with E-state index in [1.807, 2.05) is 0 Å². The number of hydrogen-bond acceptors (Lipinski definition) is 5. The molecule has 0 saturated carbocycles. The van der Waals surface area contributed by atoms with Crippen LogP contribution in [0.1, 0.15) is 21.5 Å². The Kier molecular flexibility index (Phi) is 7.55. The highest BCUT2D eigenvalue weighted by Crippen LogP contribution is 2.37. The SMILES string of the molecule is O=C(Oc1ccc(Cl)cc1/C=C1\SC(=O)N(Cc2c(Cl)cccc2Cl)C1=O)c1ccc(Cl)cc1. The molecule has 0 atom stereocenters. The summed E-state index contributed by atoms with van der Waals surface area (Å²) in [5, 5.41) is 1.06. The molecule has 3 aromatic rings. The highest BCUT2D eigenvalue weighted by molar-refractivity contribution is 8.18. The van der Waals surface area contributed by atoms with E-state index in [1.54, 1.807) is 36.4 Å².